The van der Waals surface area contributed by atoms with Gasteiger partial charge in [0.05, 0.1) is 0 Å². The first-order chi connectivity index (χ1) is 8.08. The number of hydrogen-bond acceptors (Lipinski definition) is 3. The molecule has 1 aromatic carbocycles. The molecule has 1 amide bonds. The molecule has 0 radical (unpaired) electrons. The van der Waals surface area contributed by atoms with Gasteiger partial charge >= 0.3 is 17.2 Å². The zero-order chi connectivity index (χ0) is 12.4. The first-order valence-electron chi connectivity index (χ1n) is 4.72. The monoisotopic (exact) mass is 346 g/mol. The SMILES string of the molecule is C[n+]1[nH]oc(=O)c1C(=O)Nc1ccc(I)cc1. The van der Waals surface area contributed by atoms with E-state index in [4.69, 9.17) is 0 Å². The summed E-state index contributed by atoms with van der Waals surface area (Å²) in [5.74, 6) is -0.510. The summed E-state index contributed by atoms with van der Waals surface area (Å²) in [6, 6.07) is 7.23. The number of halogens is 1. The number of carbonyl (C=O) groups is 1. The van der Waals surface area contributed by atoms with Crippen molar-refractivity contribution in [3.8, 4) is 0 Å². The van der Waals surface area contributed by atoms with Crippen molar-refractivity contribution in [1.29, 1.82) is 0 Å². The number of anilines is 1. The van der Waals surface area contributed by atoms with Gasteiger partial charge in [0.15, 0.2) is 7.05 Å². The normalized spacial score (nSPS) is 10.2. The minimum absolute atomic E-state index is 0.0800. The van der Waals surface area contributed by atoms with Gasteiger partial charge in [0.25, 0.3) is 0 Å². The summed E-state index contributed by atoms with van der Waals surface area (Å²) < 4.78 is 6.78. The lowest BCUT2D eigenvalue weighted by Gasteiger charge is -2.00. The second kappa shape index (κ2) is 4.70. The van der Waals surface area contributed by atoms with Crippen LogP contribution in [0.3, 0.4) is 0 Å². The molecule has 0 fully saturated rings. The van der Waals surface area contributed by atoms with Gasteiger partial charge in [-0.2, -0.15) is 0 Å². The maximum Gasteiger partial charge on any atom is 0.440 e. The highest BCUT2D eigenvalue weighted by Crippen LogP contribution is 2.11. The molecule has 0 unspecified atom stereocenters. The molecule has 0 spiro atoms. The van der Waals surface area contributed by atoms with Crippen LogP contribution in [0, 0.1) is 3.57 Å². The van der Waals surface area contributed by atoms with Gasteiger partial charge in [-0.15, -0.1) is 0 Å². The van der Waals surface area contributed by atoms with Crippen molar-refractivity contribution >= 4 is 34.2 Å². The van der Waals surface area contributed by atoms with Gasteiger partial charge in [-0.3, -0.25) is 9.32 Å². The Bertz CT molecular complexity index is 600. The van der Waals surface area contributed by atoms with Crippen LogP contribution < -0.4 is 15.6 Å². The Morgan fingerprint density at radius 1 is 1.41 bits per heavy atom. The lowest BCUT2D eigenvalue weighted by molar-refractivity contribution is -0.741. The van der Waals surface area contributed by atoms with E-state index >= 15 is 0 Å². The van der Waals surface area contributed by atoms with Gasteiger partial charge < -0.3 is 5.32 Å². The number of carbonyl (C=O) groups excluding carboxylic acids is 1. The van der Waals surface area contributed by atoms with E-state index in [0.29, 0.717) is 5.69 Å². The summed E-state index contributed by atoms with van der Waals surface area (Å²) in [6.45, 7) is 0. The van der Waals surface area contributed by atoms with Crippen molar-refractivity contribution in [1.82, 2.24) is 5.27 Å². The fourth-order valence-electron chi connectivity index (χ4n) is 1.31. The molecule has 2 rings (SSSR count). The fraction of sp³-hybridized carbons (Fsp3) is 0.100. The smallest absolute Gasteiger partial charge is 0.316 e. The van der Waals surface area contributed by atoms with Crippen molar-refractivity contribution < 1.29 is 14.0 Å². The molecule has 2 N–H and O–H groups in total. The second-order valence-corrected chi connectivity index (χ2v) is 4.60. The molecule has 1 heterocycles. The Labute approximate surface area is 110 Å². The Hall–Kier alpha value is -1.64. The van der Waals surface area contributed by atoms with Crippen molar-refractivity contribution in [3.63, 3.8) is 0 Å². The van der Waals surface area contributed by atoms with Crippen LogP contribution in [0.4, 0.5) is 5.69 Å². The van der Waals surface area contributed by atoms with Gasteiger partial charge in [-0.25, -0.2) is 4.79 Å². The molecule has 0 bridgehead atoms. The van der Waals surface area contributed by atoms with E-state index in [9.17, 15) is 9.59 Å². The lowest BCUT2D eigenvalue weighted by Crippen LogP contribution is -2.41. The van der Waals surface area contributed by atoms with Gasteiger partial charge in [0.2, 0.25) is 0 Å². The van der Waals surface area contributed by atoms with E-state index < -0.39 is 11.5 Å². The van der Waals surface area contributed by atoms with Gasteiger partial charge in [0, 0.05) is 9.26 Å². The topological polar surface area (TPSA) is 79.0 Å². The third-order valence-corrected chi connectivity index (χ3v) is 2.84. The molecule has 0 aliphatic carbocycles. The van der Waals surface area contributed by atoms with E-state index in [1.807, 2.05) is 12.1 Å². The number of nitrogens with zero attached hydrogens (tertiary/aromatic N) is 1. The predicted octanol–water partition coefficient (Wildman–Crippen LogP) is 0.649. The average molecular weight is 346 g/mol. The minimum Gasteiger partial charge on any atom is -0.316 e. The molecule has 6 nitrogen and oxygen atoms in total. The molecular formula is C10H9IN3O3+. The molecule has 0 atom stereocenters. The zero-order valence-electron chi connectivity index (χ0n) is 8.86. The number of aryl methyl sites for hydroxylation is 1. The number of hydrogen-bond donors (Lipinski definition) is 2. The van der Waals surface area contributed by atoms with E-state index in [1.165, 1.54) is 11.7 Å². The van der Waals surface area contributed by atoms with E-state index in [1.54, 1.807) is 12.1 Å². The maximum atomic E-state index is 11.8. The Morgan fingerprint density at radius 3 is 2.59 bits per heavy atom. The number of aromatic amines is 1. The number of nitrogens with one attached hydrogen (secondary N) is 2. The number of aromatic nitrogens is 2. The van der Waals surface area contributed by atoms with Crippen LogP contribution in [0.5, 0.6) is 0 Å². The van der Waals surface area contributed by atoms with Crippen molar-refractivity contribution in [2.45, 2.75) is 0 Å². The summed E-state index contributed by atoms with van der Waals surface area (Å²) in [5, 5.41) is 4.89. The standard InChI is InChI=1S/C10H8IN3O3/c1-14-8(10(16)17-13-14)9(15)12-7-4-2-6(11)3-5-7/h2-5H,1H3,(H-,12,13,15,16)/p+1. The quantitative estimate of drug-likeness (QED) is 0.619. The van der Waals surface area contributed by atoms with Crippen LogP contribution in [0.1, 0.15) is 10.5 Å². The van der Waals surface area contributed by atoms with Gasteiger partial charge in [0.1, 0.15) is 0 Å². The molecule has 0 aliphatic heterocycles. The predicted molar refractivity (Wildman–Crippen MR) is 67.6 cm³/mol. The summed E-state index contributed by atoms with van der Waals surface area (Å²) in [6.07, 6.45) is 0. The van der Waals surface area contributed by atoms with Gasteiger partial charge in [-0.1, -0.05) is 4.68 Å². The molecule has 0 saturated carbocycles. The molecule has 2 aromatic rings. The van der Waals surface area contributed by atoms with E-state index in [0.717, 1.165) is 3.57 Å². The number of rotatable bonds is 2. The highest BCUT2D eigenvalue weighted by Gasteiger charge is 2.26. The molecule has 17 heavy (non-hydrogen) atoms. The van der Waals surface area contributed by atoms with Crippen molar-refractivity contribution in [2.24, 2.45) is 7.05 Å². The van der Waals surface area contributed by atoms with E-state index in [-0.39, 0.29) is 5.69 Å². The second-order valence-electron chi connectivity index (χ2n) is 3.35. The van der Waals surface area contributed by atoms with Crippen LogP contribution in [0.2, 0.25) is 0 Å². The Kier molecular flexibility index (Phi) is 3.27. The maximum absolute atomic E-state index is 11.8. The van der Waals surface area contributed by atoms with E-state index in [2.05, 4.69) is 37.7 Å². The Balaban J connectivity index is 2.23. The summed E-state index contributed by atoms with van der Waals surface area (Å²) in [7, 11) is 1.52. The Morgan fingerprint density at radius 2 is 2.06 bits per heavy atom. The van der Waals surface area contributed by atoms with Crippen LogP contribution >= 0.6 is 22.6 Å². The highest BCUT2D eigenvalue weighted by atomic mass is 127. The molecule has 0 saturated heterocycles. The summed E-state index contributed by atoms with van der Waals surface area (Å²) in [4.78, 5) is 23.0. The molecule has 7 heteroatoms. The highest BCUT2D eigenvalue weighted by molar-refractivity contribution is 14.1. The molecular weight excluding hydrogens is 337 g/mol. The first-order valence-corrected chi connectivity index (χ1v) is 5.80. The number of benzene rings is 1. The lowest BCUT2D eigenvalue weighted by atomic mass is 10.3. The average Bonchev–Trinajstić information content (AvgIpc) is 2.62. The van der Waals surface area contributed by atoms with Crippen LogP contribution in [0.15, 0.2) is 33.6 Å². The third-order valence-electron chi connectivity index (χ3n) is 2.12. The van der Waals surface area contributed by atoms with Crippen molar-refractivity contribution in [2.75, 3.05) is 5.32 Å². The largest absolute Gasteiger partial charge is 0.440 e. The summed E-state index contributed by atoms with van der Waals surface area (Å²) in [5.41, 5.74) is -0.157. The molecule has 88 valence electrons. The number of H-pyrrole nitrogens is 1. The van der Waals surface area contributed by atoms with Gasteiger partial charge in [-0.05, 0) is 52.1 Å². The van der Waals surface area contributed by atoms with Crippen LogP contribution in [-0.4, -0.2) is 11.2 Å². The van der Waals surface area contributed by atoms with Crippen molar-refractivity contribution in [3.05, 3.63) is 43.9 Å². The third kappa shape index (κ3) is 2.54. The minimum atomic E-state index is -0.699. The fourth-order valence-corrected chi connectivity index (χ4v) is 1.67. The zero-order valence-corrected chi connectivity index (χ0v) is 11.0. The van der Waals surface area contributed by atoms with Crippen LogP contribution in [0.25, 0.3) is 0 Å². The van der Waals surface area contributed by atoms with Crippen LogP contribution in [-0.2, 0) is 7.05 Å². The summed E-state index contributed by atoms with van der Waals surface area (Å²) >= 11 is 2.16. The molecule has 1 aromatic heterocycles. The number of amides is 1. The molecule has 0 aliphatic rings. The first kappa shape index (κ1) is 11.8.